The molecule has 0 aliphatic heterocycles. The van der Waals surface area contributed by atoms with E-state index in [-0.39, 0.29) is 5.75 Å². The predicted octanol–water partition coefficient (Wildman–Crippen LogP) is 0.321. The van der Waals surface area contributed by atoms with Gasteiger partial charge in [0.05, 0.1) is 15.7 Å². The summed E-state index contributed by atoms with van der Waals surface area (Å²) in [7, 11) is 0. The Morgan fingerprint density at radius 3 is 2.73 bits per heavy atom. The summed E-state index contributed by atoms with van der Waals surface area (Å²) in [5.41, 5.74) is 11.1. The van der Waals surface area contributed by atoms with Crippen LogP contribution >= 0.6 is 23.1 Å². The number of carbonyl (C=O) groups excluding carboxylic acids is 2. The van der Waals surface area contributed by atoms with Gasteiger partial charge in [0.15, 0.2) is 5.13 Å². The second-order valence-corrected chi connectivity index (χ2v) is 4.90. The maximum absolute atomic E-state index is 11.1. The Morgan fingerprint density at radius 1 is 1.60 bits per heavy atom. The molecule has 0 spiro atoms. The zero-order chi connectivity index (χ0) is 11.4. The first kappa shape index (κ1) is 11.8. The highest BCUT2D eigenvalue weighted by Gasteiger charge is 2.09. The second kappa shape index (κ2) is 4.99. The van der Waals surface area contributed by atoms with Crippen molar-refractivity contribution < 1.29 is 9.59 Å². The van der Waals surface area contributed by atoms with E-state index in [1.165, 1.54) is 23.1 Å². The fourth-order valence-corrected chi connectivity index (χ4v) is 2.66. The number of thioether (sulfide) groups is 1. The van der Waals surface area contributed by atoms with Gasteiger partial charge >= 0.3 is 6.03 Å². The van der Waals surface area contributed by atoms with Gasteiger partial charge in [0.2, 0.25) is 5.91 Å². The van der Waals surface area contributed by atoms with Gasteiger partial charge < -0.3 is 11.5 Å². The molecule has 0 aliphatic carbocycles. The zero-order valence-corrected chi connectivity index (χ0v) is 9.58. The lowest BCUT2D eigenvalue weighted by Crippen LogP contribution is -2.36. The number of hydrogen-bond donors (Lipinski definition) is 3. The van der Waals surface area contributed by atoms with E-state index in [0.717, 1.165) is 9.90 Å². The van der Waals surface area contributed by atoms with Gasteiger partial charge in [-0.15, -0.1) is 11.8 Å². The quantitative estimate of drug-likeness (QED) is 0.665. The van der Waals surface area contributed by atoms with Crippen LogP contribution in [0.2, 0.25) is 0 Å². The number of imide groups is 1. The fourth-order valence-electron chi connectivity index (χ4n) is 0.841. The summed E-state index contributed by atoms with van der Waals surface area (Å²) in [5.74, 6) is -0.315. The average Bonchev–Trinajstić information content (AvgIpc) is 2.40. The van der Waals surface area contributed by atoms with Crippen LogP contribution in [0.15, 0.2) is 4.21 Å². The number of primary amides is 1. The molecule has 6 nitrogen and oxygen atoms in total. The van der Waals surface area contributed by atoms with Crippen LogP contribution in [0.4, 0.5) is 9.93 Å². The van der Waals surface area contributed by atoms with E-state index in [1.54, 1.807) is 6.92 Å². The van der Waals surface area contributed by atoms with Crippen molar-refractivity contribution in [2.24, 2.45) is 5.73 Å². The lowest BCUT2D eigenvalue weighted by Gasteiger charge is -1.99. The molecule has 0 atom stereocenters. The number of thiazole rings is 1. The SMILES string of the molecule is Cc1nc(N)sc1SCC(=O)NC(N)=O. The molecular weight excluding hydrogens is 236 g/mol. The number of nitrogens with one attached hydrogen (secondary N) is 1. The Labute approximate surface area is 94.4 Å². The summed E-state index contributed by atoms with van der Waals surface area (Å²) in [5, 5.41) is 2.43. The van der Waals surface area contributed by atoms with Crippen molar-refractivity contribution in [3.8, 4) is 0 Å². The zero-order valence-electron chi connectivity index (χ0n) is 7.94. The number of nitrogens with two attached hydrogens (primary N) is 2. The lowest BCUT2D eigenvalue weighted by molar-refractivity contribution is -0.117. The number of nitrogen functional groups attached to an aromatic ring is 1. The molecule has 1 rings (SSSR count). The molecule has 5 N–H and O–H groups in total. The summed E-state index contributed by atoms with van der Waals surface area (Å²) in [6.45, 7) is 1.81. The Hall–Kier alpha value is -1.28. The molecule has 8 heteroatoms. The van der Waals surface area contributed by atoms with Crippen LogP contribution < -0.4 is 16.8 Å². The van der Waals surface area contributed by atoms with Crippen molar-refractivity contribution in [3.63, 3.8) is 0 Å². The predicted molar refractivity (Wildman–Crippen MR) is 59.7 cm³/mol. The van der Waals surface area contributed by atoms with Crippen molar-refractivity contribution in [2.45, 2.75) is 11.1 Å². The first-order valence-corrected chi connectivity index (χ1v) is 5.74. The number of urea groups is 1. The van der Waals surface area contributed by atoms with Gasteiger partial charge in [-0.25, -0.2) is 9.78 Å². The van der Waals surface area contributed by atoms with Gasteiger partial charge in [-0.1, -0.05) is 11.3 Å². The van der Waals surface area contributed by atoms with Gasteiger partial charge in [0, 0.05) is 0 Å². The number of aromatic nitrogens is 1. The molecule has 0 radical (unpaired) electrons. The molecule has 15 heavy (non-hydrogen) atoms. The monoisotopic (exact) mass is 246 g/mol. The largest absolute Gasteiger partial charge is 0.375 e. The Kier molecular flexibility index (Phi) is 3.92. The molecule has 0 aliphatic rings. The third-order valence-corrected chi connectivity index (χ3v) is 3.72. The van der Waals surface area contributed by atoms with Gasteiger partial charge in [0.25, 0.3) is 0 Å². The standard InChI is InChI=1S/C7H10N4O2S2/c1-3-5(15-7(9)10-3)14-2-4(12)11-6(8)13/h2H2,1H3,(H2,9,10)(H3,8,11,12,13). The smallest absolute Gasteiger partial charge is 0.318 e. The fraction of sp³-hybridized carbons (Fsp3) is 0.286. The molecule has 0 saturated carbocycles. The highest BCUT2D eigenvalue weighted by Crippen LogP contribution is 2.30. The number of nitrogens with zero attached hydrogens (tertiary/aromatic N) is 1. The highest BCUT2D eigenvalue weighted by molar-refractivity contribution is 8.01. The normalized spacial score (nSPS) is 9.93. The van der Waals surface area contributed by atoms with E-state index >= 15 is 0 Å². The number of rotatable bonds is 3. The number of carbonyl (C=O) groups is 2. The molecule has 1 heterocycles. The van der Waals surface area contributed by atoms with Crippen LogP contribution in [0.1, 0.15) is 5.69 Å². The molecule has 3 amide bonds. The summed E-state index contributed by atoms with van der Waals surface area (Å²) in [4.78, 5) is 25.4. The van der Waals surface area contributed by atoms with Crippen LogP contribution in [0.5, 0.6) is 0 Å². The van der Waals surface area contributed by atoms with E-state index in [9.17, 15) is 9.59 Å². The first-order chi connectivity index (χ1) is 6.99. The molecule has 0 unspecified atom stereocenters. The topological polar surface area (TPSA) is 111 Å². The lowest BCUT2D eigenvalue weighted by atomic mass is 10.6. The maximum Gasteiger partial charge on any atom is 0.318 e. The minimum Gasteiger partial charge on any atom is -0.375 e. The molecule has 82 valence electrons. The van der Waals surface area contributed by atoms with Gasteiger partial charge in [-0.05, 0) is 6.92 Å². The second-order valence-electron chi connectivity index (χ2n) is 2.63. The Morgan fingerprint density at radius 2 is 2.27 bits per heavy atom. The van der Waals surface area contributed by atoms with E-state index in [4.69, 9.17) is 11.5 Å². The molecule has 0 saturated heterocycles. The molecule has 1 aromatic heterocycles. The molecule has 0 fully saturated rings. The minimum atomic E-state index is -0.846. The summed E-state index contributed by atoms with van der Waals surface area (Å²) < 4.78 is 0.868. The van der Waals surface area contributed by atoms with Crippen molar-refractivity contribution in [1.29, 1.82) is 0 Å². The number of amides is 3. The van der Waals surface area contributed by atoms with Crippen LogP contribution in [0.3, 0.4) is 0 Å². The average molecular weight is 246 g/mol. The third-order valence-electron chi connectivity index (χ3n) is 1.37. The van der Waals surface area contributed by atoms with Crippen molar-refractivity contribution in [3.05, 3.63) is 5.69 Å². The molecule has 0 bridgehead atoms. The molecule has 1 aromatic rings. The van der Waals surface area contributed by atoms with Gasteiger partial charge in [0.1, 0.15) is 0 Å². The van der Waals surface area contributed by atoms with Crippen LogP contribution in [-0.2, 0) is 4.79 Å². The number of aryl methyl sites for hydroxylation is 1. The Bertz CT molecular complexity index is 390. The van der Waals surface area contributed by atoms with E-state index in [2.05, 4.69) is 4.98 Å². The Balaban J connectivity index is 2.47. The number of hydrogen-bond acceptors (Lipinski definition) is 6. The van der Waals surface area contributed by atoms with Gasteiger partial charge in [-0.2, -0.15) is 0 Å². The minimum absolute atomic E-state index is 0.116. The molecular formula is C7H10N4O2S2. The van der Waals surface area contributed by atoms with E-state index < -0.39 is 11.9 Å². The van der Waals surface area contributed by atoms with Crippen LogP contribution in [0.25, 0.3) is 0 Å². The summed E-state index contributed by atoms with van der Waals surface area (Å²) in [6.07, 6.45) is 0. The summed E-state index contributed by atoms with van der Waals surface area (Å²) >= 11 is 2.58. The van der Waals surface area contributed by atoms with Crippen LogP contribution in [0, 0.1) is 6.92 Å². The maximum atomic E-state index is 11.1. The van der Waals surface area contributed by atoms with Crippen molar-refractivity contribution >= 4 is 40.2 Å². The highest BCUT2D eigenvalue weighted by atomic mass is 32.2. The van der Waals surface area contributed by atoms with Crippen molar-refractivity contribution in [2.75, 3.05) is 11.5 Å². The number of anilines is 1. The van der Waals surface area contributed by atoms with Crippen LogP contribution in [-0.4, -0.2) is 22.7 Å². The van der Waals surface area contributed by atoms with E-state index in [1.807, 2.05) is 5.32 Å². The molecule has 0 aromatic carbocycles. The van der Waals surface area contributed by atoms with Gasteiger partial charge in [-0.3, -0.25) is 10.1 Å². The van der Waals surface area contributed by atoms with E-state index in [0.29, 0.717) is 5.13 Å². The third kappa shape index (κ3) is 3.76. The first-order valence-electron chi connectivity index (χ1n) is 3.94. The summed E-state index contributed by atoms with van der Waals surface area (Å²) in [6, 6.07) is -0.846. The van der Waals surface area contributed by atoms with Crippen molar-refractivity contribution in [1.82, 2.24) is 10.3 Å².